The maximum Gasteiger partial charge on any atom is 0.282 e. The molecule has 0 aliphatic carbocycles. The van der Waals surface area contributed by atoms with Crippen molar-refractivity contribution in [1.29, 1.82) is 5.26 Å². The van der Waals surface area contributed by atoms with Crippen molar-refractivity contribution in [3.05, 3.63) is 129 Å². The largest absolute Gasteiger partial charge is 0.496 e. The number of benzene rings is 4. The molecule has 0 atom stereocenters. The van der Waals surface area contributed by atoms with Crippen molar-refractivity contribution >= 4 is 28.0 Å². The van der Waals surface area contributed by atoms with Gasteiger partial charge in [-0.15, -0.1) is 0 Å². The topological polar surface area (TPSA) is 85.2 Å². The Morgan fingerprint density at radius 3 is 2.49 bits per heavy atom. The summed E-state index contributed by atoms with van der Waals surface area (Å²) >= 11 is 0. The molecule has 0 N–H and O–H groups in total. The van der Waals surface area contributed by atoms with Crippen molar-refractivity contribution in [3.63, 3.8) is 0 Å². The Hall–Kier alpha value is -5.48. The molecule has 0 aliphatic rings. The van der Waals surface area contributed by atoms with Gasteiger partial charge in [-0.05, 0) is 65.9 Å². The lowest BCUT2D eigenvalue weighted by molar-refractivity contribution is 0.407. The number of aryl methyl sites for hydroxylation is 1. The SMILES string of the molecule is COc1cc(C)c(-c2nc3ccccc3c(=O)n2N=Cc2cn(Cc3ccccc3C#N)c3ccccc23)cc1C(C)C. The minimum atomic E-state index is -0.246. The average molecular weight is 566 g/mol. The first-order valence-corrected chi connectivity index (χ1v) is 14.2. The highest BCUT2D eigenvalue weighted by Crippen LogP contribution is 2.34. The van der Waals surface area contributed by atoms with E-state index in [1.807, 2.05) is 85.9 Å². The molecule has 0 spiro atoms. The third-order valence-corrected chi connectivity index (χ3v) is 7.80. The first-order valence-electron chi connectivity index (χ1n) is 14.2. The molecule has 0 bridgehead atoms. The van der Waals surface area contributed by atoms with Gasteiger partial charge in [0.05, 0.1) is 35.9 Å². The van der Waals surface area contributed by atoms with Crippen LogP contribution in [0.2, 0.25) is 0 Å². The van der Waals surface area contributed by atoms with E-state index in [9.17, 15) is 10.1 Å². The zero-order valence-corrected chi connectivity index (χ0v) is 24.6. The summed E-state index contributed by atoms with van der Waals surface area (Å²) in [6.45, 7) is 6.75. The molecule has 0 unspecified atom stereocenters. The van der Waals surface area contributed by atoms with Gasteiger partial charge < -0.3 is 9.30 Å². The van der Waals surface area contributed by atoms with Crippen LogP contribution in [0.3, 0.4) is 0 Å². The van der Waals surface area contributed by atoms with Crippen molar-refractivity contribution in [3.8, 4) is 23.2 Å². The van der Waals surface area contributed by atoms with Crippen molar-refractivity contribution in [2.45, 2.75) is 33.2 Å². The van der Waals surface area contributed by atoms with Crippen LogP contribution >= 0.6 is 0 Å². The number of aromatic nitrogens is 3. The number of hydrogen-bond donors (Lipinski definition) is 0. The molecule has 4 aromatic carbocycles. The normalized spacial score (nSPS) is 11.5. The van der Waals surface area contributed by atoms with Gasteiger partial charge in [-0.25, -0.2) is 4.98 Å². The Bertz CT molecular complexity index is 2130. The molecule has 6 aromatic rings. The Balaban J connectivity index is 1.53. The summed E-state index contributed by atoms with van der Waals surface area (Å²) in [6, 6.07) is 29.3. The van der Waals surface area contributed by atoms with Crippen molar-refractivity contribution < 1.29 is 4.74 Å². The van der Waals surface area contributed by atoms with E-state index < -0.39 is 0 Å². The molecule has 0 radical (unpaired) electrons. The van der Waals surface area contributed by atoms with E-state index in [1.165, 1.54) is 4.68 Å². The number of nitriles is 1. The second-order valence-electron chi connectivity index (χ2n) is 10.9. The van der Waals surface area contributed by atoms with Gasteiger partial charge in [-0.2, -0.15) is 15.0 Å². The summed E-state index contributed by atoms with van der Waals surface area (Å²) in [5.74, 6) is 1.48. The zero-order valence-electron chi connectivity index (χ0n) is 24.6. The van der Waals surface area contributed by atoms with Gasteiger partial charge >= 0.3 is 0 Å². The van der Waals surface area contributed by atoms with Crippen molar-refractivity contribution in [2.24, 2.45) is 5.10 Å². The standard InChI is InChI=1S/C36H31N5O2/c1-23(2)30-18-31(24(3)17-34(30)43-4)35-39-32-15-9-7-14-29(32)36(42)41(35)38-20-27-22-40(33-16-10-8-13-28(27)33)21-26-12-6-5-11-25(26)19-37/h5-18,20,22-23H,21H2,1-4H3. The molecule has 6 rings (SSSR count). The van der Waals surface area contributed by atoms with Crippen LogP contribution in [-0.2, 0) is 6.54 Å². The zero-order chi connectivity index (χ0) is 30.1. The lowest BCUT2D eigenvalue weighted by Gasteiger charge is -2.17. The highest BCUT2D eigenvalue weighted by Gasteiger charge is 2.19. The van der Waals surface area contributed by atoms with Crippen molar-refractivity contribution in [1.82, 2.24) is 14.2 Å². The number of ether oxygens (including phenoxy) is 1. The van der Waals surface area contributed by atoms with Crippen LogP contribution < -0.4 is 10.3 Å². The van der Waals surface area contributed by atoms with E-state index in [0.717, 1.165) is 44.5 Å². The number of para-hydroxylation sites is 2. The molecule has 2 heterocycles. The lowest BCUT2D eigenvalue weighted by Crippen LogP contribution is -2.20. The summed E-state index contributed by atoms with van der Waals surface area (Å²) in [5, 5.41) is 15.9. The molecule has 0 amide bonds. The monoisotopic (exact) mass is 565 g/mol. The van der Waals surface area contributed by atoms with Crippen LogP contribution in [0.4, 0.5) is 0 Å². The molecule has 0 saturated carbocycles. The summed E-state index contributed by atoms with van der Waals surface area (Å²) in [7, 11) is 1.67. The summed E-state index contributed by atoms with van der Waals surface area (Å²) in [5.41, 5.74) is 6.58. The molecule has 212 valence electrons. The highest BCUT2D eigenvalue weighted by atomic mass is 16.5. The number of methoxy groups -OCH3 is 1. The third kappa shape index (κ3) is 5.08. The predicted molar refractivity (Wildman–Crippen MR) is 172 cm³/mol. The summed E-state index contributed by atoms with van der Waals surface area (Å²) < 4.78 is 9.18. The van der Waals surface area contributed by atoms with Gasteiger partial charge in [0.1, 0.15) is 5.75 Å². The van der Waals surface area contributed by atoms with E-state index in [2.05, 4.69) is 30.6 Å². The van der Waals surface area contributed by atoms with E-state index in [0.29, 0.717) is 28.8 Å². The molecular weight excluding hydrogens is 534 g/mol. The molecule has 7 nitrogen and oxygen atoms in total. The van der Waals surface area contributed by atoms with Gasteiger partial charge in [0.15, 0.2) is 5.82 Å². The van der Waals surface area contributed by atoms with Gasteiger partial charge in [0.25, 0.3) is 5.56 Å². The van der Waals surface area contributed by atoms with Crippen LogP contribution in [0.5, 0.6) is 5.75 Å². The number of nitrogens with zero attached hydrogens (tertiary/aromatic N) is 5. The molecule has 7 heteroatoms. The van der Waals surface area contributed by atoms with Gasteiger partial charge in [-0.3, -0.25) is 4.79 Å². The molecule has 0 fully saturated rings. The predicted octanol–water partition coefficient (Wildman–Crippen LogP) is 7.26. The van der Waals surface area contributed by atoms with Crippen LogP contribution in [0.1, 0.15) is 47.6 Å². The Labute approximate surface area is 249 Å². The van der Waals surface area contributed by atoms with E-state index in [4.69, 9.17) is 14.8 Å². The third-order valence-electron chi connectivity index (χ3n) is 7.80. The van der Waals surface area contributed by atoms with Crippen LogP contribution in [0.15, 0.2) is 101 Å². The second kappa shape index (κ2) is 11.4. The number of hydrogen-bond acceptors (Lipinski definition) is 5. The molecular formula is C36H31N5O2. The van der Waals surface area contributed by atoms with Crippen LogP contribution in [0.25, 0.3) is 33.2 Å². The van der Waals surface area contributed by atoms with Crippen molar-refractivity contribution in [2.75, 3.05) is 7.11 Å². The van der Waals surface area contributed by atoms with Gasteiger partial charge in [0.2, 0.25) is 0 Å². The average Bonchev–Trinajstić information content (AvgIpc) is 3.37. The summed E-state index contributed by atoms with van der Waals surface area (Å²) in [6.07, 6.45) is 3.73. The maximum absolute atomic E-state index is 13.9. The Morgan fingerprint density at radius 2 is 1.72 bits per heavy atom. The first-order chi connectivity index (χ1) is 20.9. The maximum atomic E-state index is 13.9. The minimum absolute atomic E-state index is 0.204. The molecule has 0 aliphatic heterocycles. The van der Waals surface area contributed by atoms with Gasteiger partial charge in [-0.1, -0.05) is 62.4 Å². The first kappa shape index (κ1) is 27.7. The Kier molecular flexibility index (Phi) is 7.35. The quantitative estimate of drug-likeness (QED) is 0.191. The number of fused-ring (bicyclic) bond motifs is 2. The van der Waals surface area contributed by atoms with E-state index in [1.54, 1.807) is 19.4 Å². The minimum Gasteiger partial charge on any atom is -0.496 e. The lowest BCUT2D eigenvalue weighted by atomic mass is 9.96. The molecule has 0 saturated heterocycles. The fraction of sp³-hybridized carbons (Fsp3) is 0.167. The van der Waals surface area contributed by atoms with E-state index in [-0.39, 0.29) is 11.5 Å². The van der Waals surface area contributed by atoms with Gasteiger partial charge in [0, 0.05) is 34.8 Å². The van der Waals surface area contributed by atoms with Crippen LogP contribution in [0, 0.1) is 18.3 Å². The fourth-order valence-corrected chi connectivity index (χ4v) is 5.55. The Morgan fingerprint density at radius 1 is 1.00 bits per heavy atom. The molecule has 43 heavy (non-hydrogen) atoms. The second-order valence-corrected chi connectivity index (χ2v) is 10.9. The fourth-order valence-electron chi connectivity index (χ4n) is 5.55. The smallest absolute Gasteiger partial charge is 0.282 e. The highest BCUT2D eigenvalue weighted by molar-refractivity contribution is 5.99. The summed E-state index contributed by atoms with van der Waals surface area (Å²) in [4.78, 5) is 18.9. The molecule has 2 aromatic heterocycles. The van der Waals surface area contributed by atoms with Crippen LogP contribution in [-0.4, -0.2) is 27.6 Å². The number of rotatable bonds is 7. The van der Waals surface area contributed by atoms with E-state index >= 15 is 0 Å².